The highest BCUT2D eigenvalue weighted by atomic mass is 32.1. The van der Waals surface area contributed by atoms with Crippen molar-refractivity contribution >= 4 is 39.2 Å². The molecular weight excluding hydrogens is 302 g/mol. The van der Waals surface area contributed by atoms with E-state index in [2.05, 4.69) is 15.3 Å². The van der Waals surface area contributed by atoms with E-state index >= 15 is 0 Å². The first-order valence-corrected chi connectivity index (χ1v) is 7.22. The van der Waals surface area contributed by atoms with Crippen molar-refractivity contribution in [2.45, 2.75) is 6.92 Å². The summed E-state index contributed by atoms with van der Waals surface area (Å²) in [5.74, 6) is -1.35. The molecule has 22 heavy (non-hydrogen) atoms. The molecule has 0 aliphatic carbocycles. The molecule has 0 saturated carbocycles. The van der Waals surface area contributed by atoms with Crippen molar-refractivity contribution in [1.29, 1.82) is 0 Å². The molecule has 1 amide bonds. The molecule has 0 aliphatic heterocycles. The summed E-state index contributed by atoms with van der Waals surface area (Å²) >= 11 is 1.24. The van der Waals surface area contributed by atoms with E-state index in [4.69, 9.17) is 5.11 Å². The highest BCUT2D eigenvalue weighted by Crippen LogP contribution is 2.24. The van der Waals surface area contributed by atoms with Gasteiger partial charge in [-0.25, -0.2) is 9.78 Å². The molecule has 0 radical (unpaired) electrons. The number of fused-ring (bicyclic) bond motifs is 1. The lowest BCUT2D eigenvalue weighted by atomic mass is 10.1. The van der Waals surface area contributed by atoms with E-state index in [0.717, 1.165) is 5.56 Å². The monoisotopic (exact) mass is 313 g/mol. The van der Waals surface area contributed by atoms with Crippen molar-refractivity contribution in [2.75, 3.05) is 5.32 Å². The van der Waals surface area contributed by atoms with Gasteiger partial charge in [0.2, 0.25) is 0 Å². The van der Waals surface area contributed by atoms with Crippen LogP contribution in [0.2, 0.25) is 0 Å². The number of rotatable bonds is 3. The number of anilines is 1. The number of aromatic carboxylic acids is 1. The maximum Gasteiger partial charge on any atom is 0.335 e. The van der Waals surface area contributed by atoms with Gasteiger partial charge in [-0.2, -0.15) is 0 Å². The van der Waals surface area contributed by atoms with Gasteiger partial charge in [0.05, 0.1) is 10.4 Å². The number of carboxylic acid groups (broad SMARTS) is 1. The zero-order valence-electron chi connectivity index (χ0n) is 11.5. The molecule has 0 saturated heterocycles. The lowest BCUT2D eigenvalue weighted by Crippen LogP contribution is -2.12. The minimum absolute atomic E-state index is 0.126. The van der Waals surface area contributed by atoms with Crippen molar-refractivity contribution in [3.8, 4) is 0 Å². The Bertz CT molecular complexity index is 856. The number of amides is 1. The SMILES string of the molecule is Cc1ccc(C(=O)O)cc1NC(=O)c1cc2nccnc2s1. The Kier molecular flexibility index (Phi) is 3.56. The predicted octanol–water partition coefficient (Wildman–Crippen LogP) is 2.95. The lowest BCUT2D eigenvalue weighted by molar-refractivity contribution is 0.0696. The number of hydrogen-bond acceptors (Lipinski definition) is 5. The summed E-state index contributed by atoms with van der Waals surface area (Å²) in [5, 5.41) is 11.8. The third-order valence-corrected chi connectivity index (χ3v) is 4.15. The maximum atomic E-state index is 12.3. The average Bonchev–Trinajstić information content (AvgIpc) is 2.93. The fourth-order valence-electron chi connectivity index (χ4n) is 1.96. The quantitative estimate of drug-likeness (QED) is 0.775. The molecule has 0 aliphatic rings. The average molecular weight is 313 g/mol. The minimum atomic E-state index is -1.04. The molecule has 1 aromatic carbocycles. The van der Waals surface area contributed by atoms with Crippen LogP contribution >= 0.6 is 11.3 Å². The van der Waals surface area contributed by atoms with Crippen LogP contribution in [0.1, 0.15) is 25.6 Å². The van der Waals surface area contributed by atoms with E-state index < -0.39 is 5.97 Å². The Hall–Kier alpha value is -2.80. The van der Waals surface area contributed by atoms with Crippen LogP contribution < -0.4 is 5.32 Å². The number of nitrogens with zero attached hydrogens (tertiary/aromatic N) is 2. The van der Waals surface area contributed by atoms with E-state index in [0.29, 0.717) is 20.9 Å². The van der Waals surface area contributed by atoms with Crippen molar-refractivity contribution in [2.24, 2.45) is 0 Å². The van der Waals surface area contributed by atoms with Gasteiger partial charge in [0.1, 0.15) is 10.3 Å². The van der Waals surface area contributed by atoms with E-state index in [1.54, 1.807) is 31.5 Å². The Morgan fingerprint density at radius 1 is 1.18 bits per heavy atom. The third-order valence-electron chi connectivity index (χ3n) is 3.12. The Morgan fingerprint density at radius 3 is 2.68 bits per heavy atom. The summed E-state index contributed by atoms with van der Waals surface area (Å²) in [5.41, 5.74) is 2.05. The fraction of sp³-hybridized carbons (Fsp3) is 0.0667. The van der Waals surface area contributed by atoms with Gasteiger partial charge < -0.3 is 10.4 Å². The number of aromatic nitrogens is 2. The number of nitrogens with one attached hydrogen (secondary N) is 1. The first kappa shape index (κ1) is 14.2. The van der Waals surface area contributed by atoms with Crippen LogP contribution in [0.25, 0.3) is 10.3 Å². The van der Waals surface area contributed by atoms with Gasteiger partial charge in [0.15, 0.2) is 0 Å². The van der Waals surface area contributed by atoms with Gasteiger partial charge in [-0.3, -0.25) is 9.78 Å². The van der Waals surface area contributed by atoms with Crippen LogP contribution in [-0.2, 0) is 0 Å². The summed E-state index contributed by atoms with van der Waals surface area (Å²) in [6.07, 6.45) is 3.14. The zero-order valence-corrected chi connectivity index (χ0v) is 12.3. The van der Waals surface area contributed by atoms with Crippen molar-refractivity contribution < 1.29 is 14.7 Å². The molecule has 0 unspecified atom stereocenters. The third kappa shape index (κ3) is 2.66. The molecule has 2 N–H and O–H groups in total. The molecule has 0 spiro atoms. The second-order valence-electron chi connectivity index (χ2n) is 4.65. The molecule has 7 heteroatoms. The summed E-state index contributed by atoms with van der Waals surface area (Å²) < 4.78 is 0. The molecule has 0 atom stereocenters. The first-order chi connectivity index (χ1) is 10.5. The van der Waals surface area contributed by atoms with Gasteiger partial charge >= 0.3 is 5.97 Å². The van der Waals surface area contributed by atoms with Crippen molar-refractivity contribution in [1.82, 2.24) is 9.97 Å². The molecule has 110 valence electrons. The Morgan fingerprint density at radius 2 is 1.95 bits per heavy atom. The largest absolute Gasteiger partial charge is 0.478 e. The molecule has 2 aromatic heterocycles. The Labute approximate surface area is 129 Å². The number of aryl methyl sites for hydroxylation is 1. The van der Waals surface area contributed by atoms with E-state index in [9.17, 15) is 9.59 Å². The smallest absolute Gasteiger partial charge is 0.335 e. The Balaban J connectivity index is 1.90. The second-order valence-corrected chi connectivity index (χ2v) is 5.68. The minimum Gasteiger partial charge on any atom is -0.478 e. The van der Waals surface area contributed by atoms with Crippen LogP contribution in [-0.4, -0.2) is 27.0 Å². The number of carboxylic acids is 1. The highest BCUT2D eigenvalue weighted by molar-refractivity contribution is 7.20. The van der Waals surface area contributed by atoms with Crippen LogP contribution in [0, 0.1) is 6.92 Å². The zero-order chi connectivity index (χ0) is 15.7. The number of hydrogen-bond donors (Lipinski definition) is 2. The summed E-state index contributed by atoms with van der Waals surface area (Å²) in [7, 11) is 0. The molecule has 3 rings (SSSR count). The van der Waals surface area contributed by atoms with Crippen LogP contribution in [0.5, 0.6) is 0 Å². The van der Waals surface area contributed by atoms with Crippen LogP contribution in [0.15, 0.2) is 36.7 Å². The van der Waals surface area contributed by atoms with E-state index in [-0.39, 0.29) is 11.5 Å². The summed E-state index contributed by atoms with van der Waals surface area (Å²) in [6, 6.07) is 6.27. The first-order valence-electron chi connectivity index (χ1n) is 6.40. The van der Waals surface area contributed by atoms with Gasteiger partial charge in [-0.15, -0.1) is 11.3 Å². The van der Waals surface area contributed by atoms with Crippen molar-refractivity contribution in [3.05, 3.63) is 52.7 Å². The number of thiophene rings is 1. The molecule has 0 bridgehead atoms. The van der Waals surface area contributed by atoms with Gasteiger partial charge in [-0.1, -0.05) is 6.07 Å². The maximum absolute atomic E-state index is 12.3. The number of carbonyl (C=O) groups is 2. The predicted molar refractivity (Wildman–Crippen MR) is 83.5 cm³/mol. The molecular formula is C15H11N3O3S. The highest BCUT2D eigenvalue weighted by Gasteiger charge is 2.14. The van der Waals surface area contributed by atoms with E-state index in [1.165, 1.54) is 23.5 Å². The summed E-state index contributed by atoms with van der Waals surface area (Å²) in [4.78, 5) is 32.8. The molecule has 2 heterocycles. The standard InChI is InChI=1S/C15H11N3O3S/c1-8-2-3-9(15(20)21)6-10(8)18-13(19)12-7-11-14(22-12)17-5-4-16-11/h2-7H,1H3,(H,18,19)(H,20,21). The van der Waals surface area contributed by atoms with Crippen molar-refractivity contribution in [3.63, 3.8) is 0 Å². The normalized spacial score (nSPS) is 10.6. The van der Waals surface area contributed by atoms with E-state index in [1.807, 2.05) is 0 Å². The molecule has 3 aromatic rings. The fourth-order valence-corrected chi connectivity index (χ4v) is 2.81. The van der Waals surface area contributed by atoms with Crippen LogP contribution in [0.3, 0.4) is 0 Å². The number of benzene rings is 1. The van der Waals surface area contributed by atoms with Crippen LogP contribution in [0.4, 0.5) is 5.69 Å². The second kappa shape index (κ2) is 5.53. The molecule has 0 fully saturated rings. The van der Waals surface area contributed by atoms with Gasteiger partial charge in [0.25, 0.3) is 5.91 Å². The summed E-state index contributed by atoms with van der Waals surface area (Å²) in [6.45, 7) is 1.80. The molecule has 6 nitrogen and oxygen atoms in total. The van der Waals surface area contributed by atoms with Gasteiger partial charge in [-0.05, 0) is 30.7 Å². The lowest BCUT2D eigenvalue weighted by Gasteiger charge is -2.08. The topological polar surface area (TPSA) is 92.2 Å². The van der Waals surface area contributed by atoms with Gasteiger partial charge in [0, 0.05) is 18.1 Å². The number of carbonyl (C=O) groups excluding carboxylic acids is 1.